The summed E-state index contributed by atoms with van der Waals surface area (Å²) in [6.45, 7) is 2.57. The number of hydrogen-bond acceptors (Lipinski definition) is 5. The second kappa shape index (κ2) is 5.38. The zero-order chi connectivity index (χ0) is 14.0. The van der Waals surface area contributed by atoms with E-state index in [-0.39, 0.29) is 4.90 Å². The molecule has 106 valence electrons. The fourth-order valence-electron chi connectivity index (χ4n) is 2.47. The summed E-state index contributed by atoms with van der Waals surface area (Å²) < 4.78 is 28.1. The van der Waals surface area contributed by atoms with Crippen molar-refractivity contribution in [3.63, 3.8) is 0 Å². The Bertz CT molecular complexity index is 557. The highest BCUT2D eigenvalue weighted by atomic mass is 32.2. The van der Waals surface area contributed by atoms with E-state index in [1.807, 2.05) is 0 Å². The summed E-state index contributed by atoms with van der Waals surface area (Å²) >= 11 is 0. The minimum absolute atomic E-state index is 0.265. The van der Waals surface area contributed by atoms with Crippen molar-refractivity contribution in [1.29, 1.82) is 0 Å². The molecule has 5 nitrogen and oxygen atoms in total. The first-order valence-electron chi connectivity index (χ1n) is 6.25. The number of anilines is 2. The van der Waals surface area contributed by atoms with Gasteiger partial charge in [-0.25, -0.2) is 8.42 Å². The molecule has 1 aliphatic rings. The maximum atomic E-state index is 11.5. The Morgan fingerprint density at radius 1 is 1.47 bits per heavy atom. The van der Waals surface area contributed by atoms with Crippen molar-refractivity contribution in [2.24, 2.45) is 5.92 Å². The zero-order valence-electron chi connectivity index (χ0n) is 11.3. The normalized spacial score (nSPS) is 19.9. The van der Waals surface area contributed by atoms with E-state index in [9.17, 15) is 8.42 Å². The third kappa shape index (κ3) is 3.19. The number of sulfone groups is 1. The topological polar surface area (TPSA) is 72.6 Å². The van der Waals surface area contributed by atoms with Crippen LogP contribution in [0.1, 0.15) is 6.42 Å². The lowest BCUT2D eigenvalue weighted by Gasteiger charge is -2.21. The molecule has 1 saturated heterocycles. The molecule has 0 saturated carbocycles. The van der Waals surface area contributed by atoms with E-state index in [1.165, 1.54) is 12.3 Å². The summed E-state index contributed by atoms with van der Waals surface area (Å²) in [5.74, 6) is 0.513. The summed E-state index contributed by atoms with van der Waals surface area (Å²) in [5.41, 5.74) is 7.40. The van der Waals surface area contributed by atoms with Gasteiger partial charge in [0.1, 0.15) is 0 Å². The van der Waals surface area contributed by atoms with Gasteiger partial charge in [-0.05, 0) is 24.6 Å². The van der Waals surface area contributed by atoms with E-state index in [0.29, 0.717) is 11.6 Å². The number of ether oxygens (including phenoxy) is 1. The van der Waals surface area contributed by atoms with E-state index in [4.69, 9.17) is 10.5 Å². The van der Waals surface area contributed by atoms with Gasteiger partial charge in [-0.2, -0.15) is 0 Å². The minimum Gasteiger partial charge on any atom is -0.397 e. The highest BCUT2D eigenvalue weighted by Gasteiger charge is 2.24. The van der Waals surface area contributed by atoms with Crippen LogP contribution in [-0.2, 0) is 14.6 Å². The van der Waals surface area contributed by atoms with Gasteiger partial charge in [0, 0.05) is 32.4 Å². The van der Waals surface area contributed by atoms with Crippen molar-refractivity contribution in [3.05, 3.63) is 18.2 Å². The molecule has 0 spiro atoms. The maximum Gasteiger partial charge on any atom is 0.175 e. The second-order valence-electron chi connectivity index (χ2n) is 5.05. The van der Waals surface area contributed by atoms with Crippen molar-refractivity contribution in [3.8, 4) is 0 Å². The SMILES string of the molecule is COCC1CCN(c2ccc(S(C)(=O)=O)cc2N)C1. The number of rotatable bonds is 4. The van der Waals surface area contributed by atoms with Gasteiger partial charge in [0.2, 0.25) is 0 Å². The van der Waals surface area contributed by atoms with Crippen LogP contribution in [0.3, 0.4) is 0 Å². The van der Waals surface area contributed by atoms with Crippen LogP contribution in [0.4, 0.5) is 11.4 Å². The van der Waals surface area contributed by atoms with Gasteiger partial charge in [0.25, 0.3) is 0 Å². The van der Waals surface area contributed by atoms with E-state index in [1.54, 1.807) is 19.2 Å². The molecule has 1 fully saturated rings. The van der Waals surface area contributed by atoms with Crippen molar-refractivity contribution in [2.45, 2.75) is 11.3 Å². The lowest BCUT2D eigenvalue weighted by molar-refractivity contribution is 0.161. The summed E-state index contributed by atoms with van der Waals surface area (Å²) in [5, 5.41) is 0. The Hall–Kier alpha value is -1.27. The molecule has 6 heteroatoms. The lowest BCUT2D eigenvalue weighted by atomic mass is 10.1. The van der Waals surface area contributed by atoms with Gasteiger partial charge >= 0.3 is 0 Å². The third-order valence-electron chi connectivity index (χ3n) is 3.46. The Kier molecular flexibility index (Phi) is 4.01. The van der Waals surface area contributed by atoms with E-state index in [0.717, 1.165) is 31.8 Å². The van der Waals surface area contributed by atoms with Gasteiger partial charge in [-0.15, -0.1) is 0 Å². The molecular formula is C13H20N2O3S. The zero-order valence-corrected chi connectivity index (χ0v) is 12.1. The van der Waals surface area contributed by atoms with Gasteiger partial charge in [0.05, 0.1) is 22.9 Å². The summed E-state index contributed by atoms with van der Waals surface area (Å²) in [6, 6.07) is 4.94. The summed E-state index contributed by atoms with van der Waals surface area (Å²) in [7, 11) is -1.50. The molecule has 2 rings (SSSR count). The molecule has 0 amide bonds. The van der Waals surface area contributed by atoms with E-state index >= 15 is 0 Å². The first kappa shape index (κ1) is 14.1. The van der Waals surface area contributed by atoms with Crippen LogP contribution in [-0.4, -0.2) is 41.5 Å². The fourth-order valence-corrected chi connectivity index (χ4v) is 3.13. The summed E-state index contributed by atoms with van der Waals surface area (Å²) in [6.07, 6.45) is 2.26. The Balaban J connectivity index is 2.19. The largest absolute Gasteiger partial charge is 0.397 e. The number of nitrogen functional groups attached to an aromatic ring is 1. The molecule has 1 atom stereocenters. The smallest absolute Gasteiger partial charge is 0.175 e. The highest BCUT2D eigenvalue weighted by Crippen LogP contribution is 2.30. The predicted molar refractivity (Wildman–Crippen MR) is 76.2 cm³/mol. The molecular weight excluding hydrogens is 264 g/mol. The van der Waals surface area contributed by atoms with Crippen molar-refractivity contribution < 1.29 is 13.2 Å². The molecule has 1 heterocycles. The molecule has 1 aromatic rings. The van der Waals surface area contributed by atoms with Gasteiger partial charge in [-0.1, -0.05) is 0 Å². The maximum absolute atomic E-state index is 11.5. The predicted octanol–water partition coefficient (Wildman–Crippen LogP) is 1.15. The molecule has 0 aliphatic carbocycles. The first-order valence-corrected chi connectivity index (χ1v) is 8.14. The fraction of sp³-hybridized carbons (Fsp3) is 0.538. The minimum atomic E-state index is -3.20. The van der Waals surface area contributed by atoms with Crippen LogP contribution >= 0.6 is 0 Å². The lowest BCUT2D eigenvalue weighted by Crippen LogP contribution is -2.22. The molecule has 0 aromatic heterocycles. The van der Waals surface area contributed by atoms with Gasteiger partial charge in [0.15, 0.2) is 9.84 Å². The van der Waals surface area contributed by atoms with Crippen LogP contribution in [0.5, 0.6) is 0 Å². The third-order valence-corrected chi connectivity index (χ3v) is 4.57. The molecule has 1 unspecified atom stereocenters. The van der Waals surface area contributed by atoms with Crippen LogP contribution in [0.25, 0.3) is 0 Å². The van der Waals surface area contributed by atoms with Crippen LogP contribution in [0.2, 0.25) is 0 Å². The molecule has 0 radical (unpaired) electrons. The Morgan fingerprint density at radius 2 is 2.21 bits per heavy atom. The Labute approximate surface area is 114 Å². The first-order chi connectivity index (χ1) is 8.91. The summed E-state index contributed by atoms with van der Waals surface area (Å²) in [4.78, 5) is 2.45. The molecule has 0 bridgehead atoms. The molecule has 2 N–H and O–H groups in total. The van der Waals surface area contributed by atoms with Crippen molar-refractivity contribution in [1.82, 2.24) is 0 Å². The standard InChI is InChI=1S/C13H20N2O3S/c1-18-9-10-5-6-15(8-10)13-4-3-11(7-12(13)14)19(2,16)17/h3-4,7,10H,5-6,8-9,14H2,1-2H3. The van der Waals surface area contributed by atoms with Crippen molar-refractivity contribution >= 4 is 21.2 Å². The second-order valence-corrected chi connectivity index (χ2v) is 7.06. The van der Waals surface area contributed by atoms with Gasteiger partial charge < -0.3 is 15.4 Å². The number of benzene rings is 1. The number of methoxy groups -OCH3 is 1. The van der Waals surface area contributed by atoms with E-state index < -0.39 is 9.84 Å². The van der Waals surface area contributed by atoms with Crippen LogP contribution < -0.4 is 10.6 Å². The average molecular weight is 284 g/mol. The monoisotopic (exact) mass is 284 g/mol. The number of hydrogen-bond donors (Lipinski definition) is 1. The van der Waals surface area contributed by atoms with E-state index in [2.05, 4.69) is 4.90 Å². The quantitative estimate of drug-likeness (QED) is 0.840. The number of nitrogens with zero attached hydrogens (tertiary/aromatic N) is 1. The molecule has 1 aromatic carbocycles. The average Bonchev–Trinajstić information content (AvgIpc) is 2.76. The number of nitrogens with two attached hydrogens (primary N) is 1. The highest BCUT2D eigenvalue weighted by molar-refractivity contribution is 7.90. The van der Waals surface area contributed by atoms with Gasteiger partial charge in [-0.3, -0.25) is 0 Å². The Morgan fingerprint density at radius 3 is 2.79 bits per heavy atom. The molecule has 19 heavy (non-hydrogen) atoms. The molecule has 1 aliphatic heterocycles. The van der Waals surface area contributed by atoms with Crippen LogP contribution in [0.15, 0.2) is 23.1 Å². The van der Waals surface area contributed by atoms with Crippen molar-refractivity contribution in [2.75, 3.05) is 43.7 Å². The van der Waals surface area contributed by atoms with Crippen LogP contribution in [0, 0.1) is 5.92 Å².